The summed E-state index contributed by atoms with van der Waals surface area (Å²) in [7, 11) is 0. The van der Waals surface area contributed by atoms with E-state index in [0.29, 0.717) is 5.56 Å². The van der Waals surface area contributed by atoms with Crippen LogP contribution in [0.2, 0.25) is 0 Å². The van der Waals surface area contributed by atoms with E-state index in [1.54, 1.807) is 30.4 Å². The van der Waals surface area contributed by atoms with Gasteiger partial charge in [-0.05, 0) is 54.6 Å². The van der Waals surface area contributed by atoms with Gasteiger partial charge in [0.05, 0.1) is 11.7 Å². The first-order chi connectivity index (χ1) is 12.7. The molecule has 0 fully saturated rings. The number of aryl methyl sites for hydroxylation is 1. The van der Waals surface area contributed by atoms with Crippen LogP contribution < -0.4 is 4.74 Å². The van der Waals surface area contributed by atoms with Gasteiger partial charge in [-0.3, -0.25) is 0 Å². The number of fused-ring (bicyclic) bond motifs is 1. The molecule has 1 atom stereocenters. The van der Waals surface area contributed by atoms with E-state index in [1.807, 2.05) is 19.1 Å². The fraction of sp³-hybridized carbons (Fsp3) is 0.318. The van der Waals surface area contributed by atoms with Gasteiger partial charge in [-0.15, -0.1) is 11.3 Å². The number of carboxylic acid groups (broad SMARTS) is 1. The minimum absolute atomic E-state index is 0.222. The summed E-state index contributed by atoms with van der Waals surface area (Å²) in [6.45, 7) is 8.30. The molecule has 5 heteroatoms. The largest absolute Gasteiger partial charge is 0.491 e. The maximum Gasteiger partial charge on any atom is 0.335 e. The SMILES string of the molecule is Cc1cc(C(C)(C)c2cc3ccc(C(=O)O)cc3s2)ccc1OCC(C)O. The van der Waals surface area contributed by atoms with Crippen LogP contribution in [-0.4, -0.2) is 28.9 Å². The van der Waals surface area contributed by atoms with Crippen molar-refractivity contribution in [3.8, 4) is 5.75 Å². The molecule has 0 aliphatic heterocycles. The van der Waals surface area contributed by atoms with Gasteiger partial charge in [0.2, 0.25) is 0 Å². The Kier molecular flexibility index (Phi) is 5.27. The number of carboxylic acids is 1. The number of benzene rings is 2. The second kappa shape index (κ2) is 7.33. The van der Waals surface area contributed by atoms with Crippen LogP contribution in [0.25, 0.3) is 10.1 Å². The summed E-state index contributed by atoms with van der Waals surface area (Å²) in [5.41, 5.74) is 2.27. The summed E-state index contributed by atoms with van der Waals surface area (Å²) in [5.74, 6) is -0.132. The fourth-order valence-electron chi connectivity index (χ4n) is 3.02. The highest BCUT2D eigenvalue weighted by molar-refractivity contribution is 7.19. The molecule has 0 spiro atoms. The molecule has 0 aliphatic rings. The first-order valence-electron chi connectivity index (χ1n) is 8.88. The molecule has 142 valence electrons. The zero-order chi connectivity index (χ0) is 19.8. The minimum Gasteiger partial charge on any atom is -0.491 e. The van der Waals surface area contributed by atoms with E-state index < -0.39 is 12.1 Å². The zero-order valence-electron chi connectivity index (χ0n) is 15.9. The van der Waals surface area contributed by atoms with Gasteiger partial charge in [0, 0.05) is 15.0 Å². The number of aliphatic hydroxyl groups is 1. The van der Waals surface area contributed by atoms with Crippen molar-refractivity contribution >= 4 is 27.4 Å². The molecule has 3 aromatic rings. The molecule has 0 amide bonds. The number of ether oxygens (including phenoxy) is 1. The average Bonchev–Trinajstić information content (AvgIpc) is 3.04. The maximum atomic E-state index is 11.2. The number of hydrogen-bond donors (Lipinski definition) is 2. The van der Waals surface area contributed by atoms with Crippen molar-refractivity contribution in [1.82, 2.24) is 0 Å². The van der Waals surface area contributed by atoms with E-state index >= 15 is 0 Å². The van der Waals surface area contributed by atoms with Crippen molar-refractivity contribution < 1.29 is 19.7 Å². The maximum absolute atomic E-state index is 11.2. The molecule has 1 unspecified atom stereocenters. The molecule has 0 aliphatic carbocycles. The summed E-state index contributed by atoms with van der Waals surface area (Å²) >= 11 is 1.63. The van der Waals surface area contributed by atoms with Crippen LogP contribution in [0.3, 0.4) is 0 Å². The van der Waals surface area contributed by atoms with Gasteiger partial charge in [-0.1, -0.05) is 32.0 Å². The highest BCUT2D eigenvalue weighted by Gasteiger charge is 2.26. The third kappa shape index (κ3) is 3.99. The monoisotopic (exact) mass is 384 g/mol. The van der Waals surface area contributed by atoms with Gasteiger partial charge in [0.15, 0.2) is 0 Å². The smallest absolute Gasteiger partial charge is 0.335 e. The predicted molar refractivity (Wildman–Crippen MR) is 109 cm³/mol. The first-order valence-corrected chi connectivity index (χ1v) is 9.69. The lowest BCUT2D eigenvalue weighted by molar-refractivity contribution is 0.0697. The lowest BCUT2D eigenvalue weighted by Gasteiger charge is -2.25. The molecule has 1 heterocycles. The van der Waals surface area contributed by atoms with Crippen LogP contribution in [0.4, 0.5) is 0 Å². The molecular formula is C22H24O4S. The first kappa shape index (κ1) is 19.4. The van der Waals surface area contributed by atoms with Crippen molar-refractivity contribution in [1.29, 1.82) is 0 Å². The Morgan fingerprint density at radius 3 is 2.56 bits per heavy atom. The van der Waals surface area contributed by atoms with Crippen molar-refractivity contribution in [3.63, 3.8) is 0 Å². The standard InChI is InChI=1S/C22H24O4S/c1-13-9-17(7-8-18(13)26-12-14(2)23)22(3,4)20-11-15-5-6-16(21(24)25)10-19(15)27-20/h5-11,14,23H,12H2,1-4H3,(H,24,25). The molecule has 0 saturated carbocycles. The van der Waals surface area contributed by atoms with Gasteiger partial charge >= 0.3 is 5.97 Å². The van der Waals surface area contributed by atoms with E-state index in [1.165, 1.54) is 4.88 Å². The predicted octanol–water partition coefficient (Wildman–Crippen LogP) is 4.99. The van der Waals surface area contributed by atoms with Crippen LogP contribution in [0.15, 0.2) is 42.5 Å². The van der Waals surface area contributed by atoms with Crippen molar-refractivity contribution in [3.05, 3.63) is 64.0 Å². The Bertz CT molecular complexity index is 985. The molecule has 0 saturated heterocycles. The molecule has 4 nitrogen and oxygen atoms in total. The highest BCUT2D eigenvalue weighted by Crippen LogP contribution is 2.40. The summed E-state index contributed by atoms with van der Waals surface area (Å²) < 4.78 is 6.63. The topological polar surface area (TPSA) is 66.8 Å². The zero-order valence-corrected chi connectivity index (χ0v) is 16.8. The number of carbonyl (C=O) groups is 1. The Morgan fingerprint density at radius 2 is 1.93 bits per heavy atom. The number of aromatic carboxylic acids is 1. The van der Waals surface area contributed by atoms with Crippen molar-refractivity contribution in [2.75, 3.05) is 6.61 Å². The van der Waals surface area contributed by atoms with E-state index in [-0.39, 0.29) is 12.0 Å². The van der Waals surface area contributed by atoms with Gasteiger partial charge in [0.1, 0.15) is 12.4 Å². The van der Waals surface area contributed by atoms with E-state index in [0.717, 1.165) is 27.0 Å². The molecule has 27 heavy (non-hydrogen) atoms. The second-order valence-corrected chi connectivity index (χ2v) is 8.52. The van der Waals surface area contributed by atoms with Crippen LogP contribution in [0, 0.1) is 6.92 Å². The molecular weight excluding hydrogens is 360 g/mol. The summed E-state index contributed by atoms with van der Waals surface area (Å²) in [6, 6.07) is 13.5. The number of rotatable bonds is 6. The fourth-order valence-corrected chi connectivity index (χ4v) is 4.25. The third-order valence-electron chi connectivity index (χ3n) is 4.76. The Balaban J connectivity index is 1.94. The molecule has 0 bridgehead atoms. The second-order valence-electron chi connectivity index (χ2n) is 7.43. The lowest BCUT2D eigenvalue weighted by Crippen LogP contribution is -2.18. The molecule has 0 radical (unpaired) electrons. The minimum atomic E-state index is -0.908. The summed E-state index contributed by atoms with van der Waals surface area (Å²) in [5, 5.41) is 19.7. The Labute approximate surface area is 163 Å². The Morgan fingerprint density at radius 1 is 1.19 bits per heavy atom. The van der Waals surface area contributed by atoms with Crippen molar-refractivity contribution in [2.24, 2.45) is 0 Å². The van der Waals surface area contributed by atoms with E-state index in [4.69, 9.17) is 4.74 Å². The quantitative estimate of drug-likeness (QED) is 0.628. The van der Waals surface area contributed by atoms with Crippen molar-refractivity contribution in [2.45, 2.75) is 39.2 Å². The highest BCUT2D eigenvalue weighted by atomic mass is 32.1. The van der Waals surface area contributed by atoms with Gasteiger partial charge in [0.25, 0.3) is 0 Å². The summed E-state index contributed by atoms with van der Waals surface area (Å²) in [4.78, 5) is 12.4. The lowest BCUT2D eigenvalue weighted by atomic mass is 9.82. The molecule has 3 rings (SSSR count). The van der Waals surface area contributed by atoms with Crippen LogP contribution in [0.5, 0.6) is 5.75 Å². The van der Waals surface area contributed by atoms with Crippen LogP contribution in [0.1, 0.15) is 47.1 Å². The normalized spacial score (nSPS) is 12.9. The molecule has 2 N–H and O–H groups in total. The molecule has 1 aromatic heterocycles. The van der Waals surface area contributed by atoms with E-state index in [2.05, 4.69) is 32.0 Å². The van der Waals surface area contributed by atoms with Crippen LogP contribution >= 0.6 is 11.3 Å². The van der Waals surface area contributed by atoms with Gasteiger partial charge in [-0.2, -0.15) is 0 Å². The average molecular weight is 384 g/mol. The van der Waals surface area contributed by atoms with Gasteiger partial charge < -0.3 is 14.9 Å². The number of aliphatic hydroxyl groups excluding tert-OH is 1. The van der Waals surface area contributed by atoms with Crippen LogP contribution in [-0.2, 0) is 5.41 Å². The molecule has 2 aromatic carbocycles. The number of hydrogen-bond acceptors (Lipinski definition) is 4. The van der Waals surface area contributed by atoms with E-state index in [9.17, 15) is 15.0 Å². The van der Waals surface area contributed by atoms with Gasteiger partial charge in [-0.25, -0.2) is 4.79 Å². The summed E-state index contributed by atoms with van der Waals surface area (Å²) in [6.07, 6.45) is -0.505. The number of thiophene rings is 1. The Hall–Kier alpha value is -2.37. The third-order valence-corrected chi connectivity index (χ3v) is 6.18.